The molecule has 0 saturated heterocycles. The van der Waals surface area contributed by atoms with Gasteiger partial charge in [-0.25, -0.2) is 9.59 Å². The van der Waals surface area contributed by atoms with Gasteiger partial charge in [0.05, 0.1) is 12.2 Å². The van der Waals surface area contributed by atoms with Gasteiger partial charge < -0.3 is 14.9 Å². The molecule has 0 aliphatic carbocycles. The third kappa shape index (κ3) is 4.04. The van der Waals surface area contributed by atoms with Crippen LogP contribution in [0.15, 0.2) is 12.2 Å². The summed E-state index contributed by atoms with van der Waals surface area (Å²) in [5.74, 6) is -2.38. The molecule has 0 aromatic carbocycles. The Labute approximate surface area is 82.0 Å². The molecule has 80 valence electrons. The Morgan fingerprint density at radius 2 is 2.07 bits per heavy atom. The van der Waals surface area contributed by atoms with E-state index in [1.165, 1.54) is 0 Å². The molecule has 2 N–H and O–H groups in total. The number of hydrogen-bond donors (Lipinski definition) is 2. The zero-order chi connectivity index (χ0) is 11.1. The second-order valence-corrected chi connectivity index (χ2v) is 2.76. The van der Waals surface area contributed by atoms with Crippen molar-refractivity contribution in [2.75, 3.05) is 6.61 Å². The van der Waals surface area contributed by atoms with Crippen LogP contribution >= 0.6 is 0 Å². The van der Waals surface area contributed by atoms with Crippen molar-refractivity contribution < 1.29 is 24.5 Å². The molecule has 0 fully saturated rings. The molecule has 14 heavy (non-hydrogen) atoms. The zero-order valence-electron chi connectivity index (χ0n) is 8.02. The molecule has 5 heteroatoms. The van der Waals surface area contributed by atoms with Crippen LogP contribution in [0.2, 0.25) is 0 Å². The third-order valence-electron chi connectivity index (χ3n) is 1.56. The lowest BCUT2D eigenvalue weighted by Crippen LogP contribution is -2.27. The van der Waals surface area contributed by atoms with Gasteiger partial charge in [-0.2, -0.15) is 0 Å². The van der Waals surface area contributed by atoms with Crippen molar-refractivity contribution in [3.8, 4) is 0 Å². The molecule has 0 spiro atoms. The highest BCUT2D eigenvalue weighted by molar-refractivity contribution is 5.95. The number of rotatable bonds is 6. The fourth-order valence-electron chi connectivity index (χ4n) is 0.663. The maximum atomic E-state index is 11.0. The van der Waals surface area contributed by atoms with E-state index in [0.29, 0.717) is 6.42 Å². The van der Waals surface area contributed by atoms with Gasteiger partial charge in [0.15, 0.2) is 6.10 Å². The number of ether oxygens (including phenoxy) is 1. The molecule has 0 radical (unpaired) electrons. The Kier molecular flexibility index (Phi) is 5.55. The number of carboxylic acids is 1. The van der Waals surface area contributed by atoms with E-state index in [9.17, 15) is 9.59 Å². The van der Waals surface area contributed by atoms with Crippen LogP contribution in [0.1, 0.15) is 19.8 Å². The first-order valence-electron chi connectivity index (χ1n) is 4.27. The number of aliphatic hydroxyl groups excluding tert-OH is 1. The van der Waals surface area contributed by atoms with Crippen molar-refractivity contribution in [2.24, 2.45) is 0 Å². The molecule has 0 aromatic rings. The van der Waals surface area contributed by atoms with Gasteiger partial charge in [-0.05, 0) is 6.42 Å². The summed E-state index contributed by atoms with van der Waals surface area (Å²) in [6.45, 7) is 5.28. The number of carbonyl (C=O) groups excluding carboxylic acids is 1. The standard InChI is InChI=1S/C9H14O5/c1-3-4-5-14-9(13)6(2)7(10)8(11)12/h7,10H,2-5H2,1H3,(H,11,12). The van der Waals surface area contributed by atoms with Crippen molar-refractivity contribution in [3.05, 3.63) is 12.2 Å². The lowest BCUT2D eigenvalue weighted by atomic mass is 10.2. The minimum atomic E-state index is -1.89. The molecule has 0 aliphatic rings. The molecule has 0 amide bonds. The number of carboxylic acid groups (broad SMARTS) is 1. The number of unbranched alkanes of at least 4 members (excludes halogenated alkanes) is 1. The predicted octanol–water partition coefficient (Wildman–Crippen LogP) is 0.331. The average molecular weight is 202 g/mol. The van der Waals surface area contributed by atoms with E-state index in [-0.39, 0.29) is 6.61 Å². The molecular weight excluding hydrogens is 188 g/mol. The zero-order valence-corrected chi connectivity index (χ0v) is 8.02. The summed E-state index contributed by atoms with van der Waals surface area (Å²) >= 11 is 0. The Morgan fingerprint density at radius 3 is 2.50 bits per heavy atom. The molecule has 0 aliphatic heterocycles. The van der Waals surface area contributed by atoms with Crippen LogP contribution in [0, 0.1) is 0 Å². The number of aliphatic hydroxyl groups is 1. The highest BCUT2D eigenvalue weighted by Crippen LogP contribution is 2.03. The van der Waals surface area contributed by atoms with E-state index in [4.69, 9.17) is 10.2 Å². The Balaban J connectivity index is 4.00. The maximum absolute atomic E-state index is 11.0. The summed E-state index contributed by atoms with van der Waals surface area (Å²) in [6, 6.07) is 0. The smallest absolute Gasteiger partial charge is 0.337 e. The Hall–Kier alpha value is -1.36. The molecule has 0 heterocycles. The van der Waals surface area contributed by atoms with Crippen molar-refractivity contribution in [2.45, 2.75) is 25.9 Å². The largest absolute Gasteiger partial charge is 0.479 e. The summed E-state index contributed by atoms with van der Waals surface area (Å²) in [5, 5.41) is 17.3. The van der Waals surface area contributed by atoms with Crippen molar-refractivity contribution in [1.82, 2.24) is 0 Å². The van der Waals surface area contributed by atoms with Crippen LogP contribution in [0.3, 0.4) is 0 Å². The van der Waals surface area contributed by atoms with Gasteiger partial charge in [-0.3, -0.25) is 0 Å². The van der Waals surface area contributed by atoms with E-state index in [2.05, 4.69) is 11.3 Å². The van der Waals surface area contributed by atoms with E-state index >= 15 is 0 Å². The van der Waals surface area contributed by atoms with Gasteiger partial charge in [-0.1, -0.05) is 19.9 Å². The first kappa shape index (κ1) is 12.6. The molecule has 1 atom stereocenters. The SMILES string of the molecule is C=C(C(=O)OCCCC)C(O)C(=O)O. The highest BCUT2D eigenvalue weighted by atomic mass is 16.5. The lowest BCUT2D eigenvalue weighted by molar-refractivity contribution is -0.149. The van der Waals surface area contributed by atoms with Crippen molar-refractivity contribution in [1.29, 1.82) is 0 Å². The van der Waals surface area contributed by atoms with Gasteiger partial charge in [0, 0.05) is 0 Å². The monoisotopic (exact) mass is 202 g/mol. The van der Waals surface area contributed by atoms with Gasteiger partial charge in [0.25, 0.3) is 0 Å². The minimum absolute atomic E-state index is 0.209. The number of esters is 1. The molecule has 0 saturated carbocycles. The van der Waals surface area contributed by atoms with Crippen LogP contribution in [-0.4, -0.2) is 34.9 Å². The van der Waals surface area contributed by atoms with Gasteiger partial charge in [0.2, 0.25) is 0 Å². The molecular formula is C9H14O5. The number of hydrogen-bond acceptors (Lipinski definition) is 4. The van der Waals surface area contributed by atoms with Gasteiger partial charge >= 0.3 is 11.9 Å². The fourth-order valence-corrected chi connectivity index (χ4v) is 0.663. The molecule has 5 nitrogen and oxygen atoms in total. The summed E-state index contributed by atoms with van der Waals surface area (Å²) in [4.78, 5) is 21.3. The first-order valence-corrected chi connectivity index (χ1v) is 4.27. The molecule has 0 bridgehead atoms. The summed E-state index contributed by atoms with van der Waals surface area (Å²) in [5.41, 5.74) is -0.450. The molecule has 0 rings (SSSR count). The topological polar surface area (TPSA) is 83.8 Å². The van der Waals surface area contributed by atoms with Gasteiger partial charge in [-0.15, -0.1) is 0 Å². The quantitative estimate of drug-likeness (QED) is 0.368. The van der Waals surface area contributed by atoms with E-state index in [1.807, 2.05) is 6.92 Å². The number of carbonyl (C=O) groups is 2. The summed E-state index contributed by atoms with van der Waals surface area (Å²) in [7, 11) is 0. The first-order chi connectivity index (χ1) is 6.50. The van der Waals surface area contributed by atoms with Gasteiger partial charge in [0.1, 0.15) is 0 Å². The summed E-state index contributed by atoms with van der Waals surface area (Å²) in [6.07, 6.45) is -0.326. The van der Waals surface area contributed by atoms with Crippen molar-refractivity contribution >= 4 is 11.9 Å². The van der Waals surface area contributed by atoms with Crippen LogP contribution in [-0.2, 0) is 14.3 Å². The maximum Gasteiger partial charge on any atom is 0.337 e. The average Bonchev–Trinajstić information content (AvgIpc) is 2.15. The Bertz CT molecular complexity index is 233. The van der Waals surface area contributed by atoms with E-state index in [0.717, 1.165) is 6.42 Å². The van der Waals surface area contributed by atoms with E-state index < -0.39 is 23.6 Å². The predicted molar refractivity (Wildman–Crippen MR) is 48.6 cm³/mol. The second kappa shape index (κ2) is 6.15. The van der Waals surface area contributed by atoms with Crippen molar-refractivity contribution in [3.63, 3.8) is 0 Å². The third-order valence-corrected chi connectivity index (χ3v) is 1.56. The molecule has 0 aromatic heterocycles. The normalized spacial score (nSPS) is 11.9. The Morgan fingerprint density at radius 1 is 1.50 bits per heavy atom. The minimum Gasteiger partial charge on any atom is -0.479 e. The van der Waals surface area contributed by atoms with Crippen LogP contribution in [0.25, 0.3) is 0 Å². The van der Waals surface area contributed by atoms with E-state index in [1.54, 1.807) is 0 Å². The highest BCUT2D eigenvalue weighted by Gasteiger charge is 2.23. The van der Waals surface area contributed by atoms with Crippen LogP contribution < -0.4 is 0 Å². The summed E-state index contributed by atoms with van der Waals surface area (Å²) < 4.78 is 4.65. The van der Waals surface area contributed by atoms with Crippen LogP contribution in [0.5, 0.6) is 0 Å². The van der Waals surface area contributed by atoms with Crippen LogP contribution in [0.4, 0.5) is 0 Å². The second-order valence-electron chi connectivity index (χ2n) is 2.76. The fraction of sp³-hybridized carbons (Fsp3) is 0.556. The number of aliphatic carboxylic acids is 1. The lowest BCUT2D eigenvalue weighted by Gasteiger charge is -2.08. The molecule has 1 unspecified atom stereocenters.